The Kier molecular flexibility index (Phi) is 7.07. The number of benzene rings is 2. The van der Waals surface area contributed by atoms with Crippen molar-refractivity contribution in [3.05, 3.63) is 71.0 Å². The molecule has 5 nitrogen and oxygen atoms in total. The van der Waals surface area contributed by atoms with Gasteiger partial charge in [0.1, 0.15) is 5.75 Å². The van der Waals surface area contributed by atoms with Crippen molar-refractivity contribution >= 4 is 17.4 Å². The SMILES string of the molecule is CC(C)CC(=O)C1=C(O)C(=O)N(c2ccc(C(C)C)cc2)C1c1ccc(OC(C)C)cc1. The van der Waals surface area contributed by atoms with Crippen LogP contribution in [0, 0.1) is 5.92 Å². The second-order valence-electron chi connectivity index (χ2n) is 9.34. The highest BCUT2D eigenvalue weighted by Crippen LogP contribution is 2.42. The molecule has 1 atom stereocenters. The Labute approximate surface area is 190 Å². The summed E-state index contributed by atoms with van der Waals surface area (Å²) in [5.41, 5.74) is 2.71. The number of ether oxygens (including phenoxy) is 1. The number of anilines is 1. The molecular weight excluding hydrogens is 402 g/mol. The fourth-order valence-corrected chi connectivity index (χ4v) is 3.97. The van der Waals surface area contributed by atoms with Gasteiger partial charge in [-0.25, -0.2) is 0 Å². The van der Waals surface area contributed by atoms with E-state index >= 15 is 0 Å². The maximum absolute atomic E-state index is 13.2. The molecule has 0 aromatic heterocycles. The molecular formula is C27H33NO4. The molecule has 32 heavy (non-hydrogen) atoms. The number of carbonyl (C=O) groups excluding carboxylic acids is 2. The largest absolute Gasteiger partial charge is 0.503 e. The van der Waals surface area contributed by atoms with Gasteiger partial charge in [0.2, 0.25) is 0 Å². The van der Waals surface area contributed by atoms with Crippen LogP contribution in [-0.2, 0) is 9.59 Å². The van der Waals surface area contributed by atoms with E-state index in [1.54, 1.807) is 0 Å². The standard InChI is InChI=1S/C27H33NO4/c1-16(2)15-23(29)24-25(20-9-13-22(14-10-20)32-18(5)6)28(27(31)26(24)30)21-11-7-19(8-12-21)17(3)4/h7-14,16-18,25,30H,15H2,1-6H3. The molecule has 2 aromatic rings. The minimum Gasteiger partial charge on any atom is -0.503 e. The predicted molar refractivity (Wildman–Crippen MR) is 127 cm³/mol. The molecule has 2 aromatic carbocycles. The third kappa shape index (κ3) is 4.87. The smallest absolute Gasteiger partial charge is 0.294 e. The van der Waals surface area contributed by atoms with E-state index in [-0.39, 0.29) is 29.8 Å². The number of carbonyl (C=O) groups is 2. The van der Waals surface area contributed by atoms with E-state index in [0.29, 0.717) is 17.4 Å². The molecule has 1 aliphatic rings. The second kappa shape index (κ2) is 9.60. The van der Waals surface area contributed by atoms with Gasteiger partial charge in [0.25, 0.3) is 5.91 Å². The third-order valence-corrected chi connectivity index (χ3v) is 5.51. The molecule has 0 radical (unpaired) electrons. The first-order valence-electron chi connectivity index (χ1n) is 11.3. The monoisotopic (exact) mass is 435 g/mol. The fourth-order valence-electron chi connectivity index (χ4n) is 3.97. The normalized spacial score (nSPS) is 16.6. The molecule has 1 aliphatic heterocycles. The summed E-state index contributed by atoms with van der Waals surface area (Å²) < 4.78 is 5.74. The third-order valence-electron chi connectivity index (χ3n) is 5.51. The van der Waals surface area contributed by atoms with Crippen molar-refractivity contribution in [2.45, 2.75) is 66.0 Å². The number of Topliss-reactive ketones (excluding diaryl/α,β-unsaturated/α-hetero) is 1. The summed E-state index contributed by atoms with van der Waals surface area (Å²) in [5, 5.41) is 10.8. The lowest BCUT2D eigenvalue weighted by Gasteiger charge is -2.27. The highest BCUT2D eigenvalue weighted by molar-refractivity contribution is 6.16. The van der Waals surface area contributed by atoms with Gasteiger partial charge in [-0.1, -0.05) is 52.0 Å². The molecule has 0 bridgehead atoms. The van der Waals surface area contributed by atoms with E-state index in [4.69, 9.17) is 4.74 Å². The summed E-state index contributed by atoms with van der Waals surface area (Å²) in [6.45, 7) is 12.0. The van der Waals surface area contributed by atoms with Crippen molar-refractivity contribution in [3.63, 3.8) is 0 Å². The van der Waals surface area contributed by atoms with Crippen LogP contribution in [0.3, 0.4) is 0 Å². The molecule has 170 valence electrons. The van der Waals surface area contributed by atoms with E-state index < -0.39 is 17.7 Å². The number of hydrogen-bond acceptors (Lipinski definition) is 4. The van der Waals surface area contributed by atoms with Crippen molar-refractivity contribution < 1.29 is 19.4 Å². The maximum Gasteiger partial charge on any atom is 0.294 e. The number of aliphatic hydroxyl groups excluding tert-OH is 1. The first kappa shape index (κ1) is 23.6. The van der Waals surface area contributed by atoms with Crippen molar-refractivity contribution in [3.8, 4) is 5.75 Å². The van der Waals surface area contributed by atoms with Crippen LogP contribution in [0.25, 0.3) is 0 Å². The number of ketones is 1. The van der Waals surface area contributed by atoms with Gasteiger partial charge in [0, 0.05) is 12.1 Å². The number of amides is 1. The van der Waals surface area contributed by atoms with Crippen molar-refractivity contribution in [1.82, 2.24) is 0 Å². The second-order valence-corrected chi connectivity index (χ2v) is 9.34. The Hall–Kier alpha value is -3.08. The Morgan fingerprint density at radius 2 is 1.56 bits per heavy atom. The lowest BCUT2D eigenvalue weighted by atomic mass is 9.92. The molecule has 1 heterocycles. The van der Waals surface area contributed by atoms with Crippen LogP contribution in [0.1, 0.15) is 71.0 Å². The average molecular weight is 436 g/mol. The van der Waals surface area contributed by atoms with Gasteiger partial charge >= 0.3 is 0 Å². The lowest BCUT2D eigenvalue weighted by Crippen LogP contribution is -2.31. The van der Waals surface area contributed by atoms with Gasteiger partial charge in [-0.2, -0.15) is 0 Å². The average Bonchev–Trinajstić information content (AvgIpc) is 2.98. The van der Waals surface area contributed by atoms with Gasteiger partial charge in [0.15, 0.2) is 11.5 Å². The summed E-state index contributed by atoms with van der Waals surface area (Å²) in [7, 11) is 0. The molecule has 0 saturated carbocycles. The zero-order valence-corrected chi connectivity index (χ0v) is 19.8. The summed E-state index contributed by atoms with van der Waals surface area (Å²) >= 11 is 0. The number of hydrogen-bond donors (Lipinski definition) is 1. The van der Waals surface area contributed by atoms with Gasteiger partial charge in [-0.15, -0.1) is 0 Å². The molecule has 0 aliphatic carbocycles. The number of aliphatic hydroxyl groups is 1. The molecule has 5 heteroatoms. The number of rotatable bonds is 8. The van der Waals surface area contributed by atoms with Gasteiger partial charge in [-0.05, 0) is 61.1 Å². The Balaban J connectivity index is 2.07. The summed E-state index contributed by atoms with van der Waals surface area (Å²) in [5.74, 6) is -0.0427. The molecule has 1 amide bonds. The predicted octanol–water partition coefficient (Wildman–Crippen LogP) is 6.11. The van der Waals surface area contributed by atoms with Crippen LogP contribution in [0.5, 0.6) is 5.75 Å². The van der Waals surface area contributed by atoms with E-state index in [1.165, 1.54) is 4.90 Å². The number of nitrogens with zero attached hydrogens (tertiary/aromatic N) is 1. The first-order valence-corrected chi connectivity index (χ1v) is 11.3. The van der Waals surface area contributed by atoms with Crippen LogP contribution >= 0.6 is 0 Å². The quantitative estimate of drug-likeness (QED) is 0.543. The molecule has 0 saturated heterocycles. The van der Waals surface area contributed by atoms with E-state index in [2.05, 4.69) is 13.8 Å². The topological polar surface area (TPSA) is 66.8 Å². The van der Waals surface area contributed by atoms with Crippen LogP contribution in [-0.4, -0.2) is 22.9 Å². The van der Waals surface area contributed by atoms with Gasteiger partial charge in [0.05, 0.1) is 17.7 Å². The summed E-state index contributed by atoms with van der Waals surface area (Å²) in [6.07, 6.45) is 0.301. The zero-order valence-electron chi connectivity index (χ0n) is 19.8. The van der Waals surface area contributed by atoms with Gasteiger partial charge < -0.3 is 9.84 Å². The Morgan fingerprint density at radius 3 is 2.06 bits per heavy atom. The first-order chi connectivity index (χ1) is 15.1. The Bertz CT molecular complexity index is 1000. The van der Waals surface area contributed by atoms with Crippen LogP contribution < -0.4 is 9.64 Å². The highest BCUT2D eigenvalue weighted by Gasteiger charge is 2.44. The van der Waals surface area contributed by atoms with Crippen molar-refractivity contribution in [2.75, 3.05) is 4.90 Å². The summed E-state index contributed by atoms with van der Waals surface area (Å²) in [6, 6.07) is 14.4. The van der Waals surface area contributed by atoms with E-state index in [1.807, 2.05) is 76.2 Å². The minimum absolute atomic E-state index is 0.0389. The zero-order chi connectivity index (χ0) is 23.6. The van der Waals surface area contributed by atoms with E-state index in [0.717, 1.165) is 11.1 Å². The molecule has 3 rings (SSSR count). The maximum atomic E-state index is 13.2. The highest BCUT2D eigenvalue weighted by atomic mass is 16.5. The van der Waals surface area contributed by atoms with Gasteiger partial charge in [-0.3, -0.25) is 14.5 Å². The fraction of sp³-hybridized carbons (Fsp3) is 0.407. The molecule has 1 N–H and O–H groups in total. The van der Waals surface area contributed by atoms with Crippen molar-refractivity contribution in [2.24, 2.45) is 5.92 Å². The lowest BCUT2D eigenvalue weighted by molar-refractivity contribution is -0.118. The molecule has 1 unspecified atom stereocenters. The van der Waals surface area contributed by atoms with Crippen molar-refractivity contribution in [1.29, 1.82) is 0 Å². The molecule has 0 fully saturated rings. The van der Waals surface area contributed by atoms with E-state index in [9.17, 15) is 14.7 Å². The Morgan fingerprint density at radius 1 is 0.969 bits per heavy atom. The van der Waals surface area contributed by atoms with Crippen LogP contribution in [0.15, 0.2) is 59.9 Å². The molecule has 0 spiro atoms. The van der Waals surface area contributed by atoms with Crippen LogP contribution in [0.4, 0.5) is 5.69 Å². The van der Waals surface area contributed by atoms with Crippen LogP contribution in [0.2, 0.25) is 0 Å². The minimum atomic E-state index is -0.688. The summed E-state index contributed by atoms with van der Waals surface area (Å²) in [4.78, 5) is 27.8.